The van der Waals surface area contributed by atoms with E-state index in [1.165, 1.54) is 6.42 Å². The van der Waals surface area contributed by atoms with E-state index in [4.69, 9.17) is 5.73 Å². The van der Waals surface area contributed by atoms with Crippen LogP contribution in [0.5, 0.6) is 0 Å². The van der Waals surface area contributed by atoms with Crippen LogP contribution >= 0.6 is 0 Å². The molecule has 1 aliphatic carbocycles. The highest BCUT2D eigenvalue weighted by Crippen LogP contribution is 2.32. The van der Waals surface area contributed by atoms with Crippen molar-refractivity contribution in [2.24, 2.45) is 17.6 Å². The Morgan fingerprint density at radius 2 is 2.12 bits per heavy atom. The molecule has 1 amide bonds. The van der Waals surface area contributed by atoms with E-state index in [0.29, 0.717) is 18.4 Å². The Bertz CT molecular complexity index is 218. The van der Waals surface area contributed by atoms with Crippen LogP contribution in [0.3, 0.4) is 0 Å². The van der Waals surface area contributed by atoms with Gasteiger partial charge in [0, 0.05) is 19.0 Å². The molecule has 2 unspecified atom stereocenters. The Hall–Kier alpha value is -0.570. The third-order valence-electron chi connectivity index (χ3n) is 3.75. The number of nitrogens with two attached hydrogens (primary N) is 1. The van der Waals surface area contributed by atoms with E-state index < -0.39 is 0 Å². The third-order valence-corrected chi connectivity index (χ3v) is 3.75. The Labute approximate surface area is 99.4 Å². The molecule has 0 aromatic carbocycles. The van der Waals surface area contributed by atoms with Gasteiger partial charge in [0.1, 0.15) is 0 Å². The van der Waals surface area contributed by atoms with Gasteiger partial charge in [0.15, 0.2) is 0 Å². The van der Waals surface area contributed by atoms with Gasteiger partial charge in [-0.1, -0.05) is 19.8 Å². The van der Waals surface area contributed by atoms with E-state index in [1.807, 2.05) is 4.90 Å². The Balaban J connectivity index is 2.52. The molecule has 0 saturated heterocycles. The molecule has 3 heteroatoms. The molecule has 0 aliphatic heterocycles. The molecule has 0 aromatic heterocycles. The van der Waals surface area contributed by atoms with E-state index >= 15 is 0 Å². The van der Waals surface area contributed by atoms with Gasteiger partial charge in [0.2, 0.25) is 5.91 Å². The summed E-state index contributed by atoms with van der Waals surface area (Å²) in [7, 11) is 0. The lowest BCUT2D eigenvalue weighted by molar-refractivity contribution is -0.136. The van der Waals surface area contributed by atoms with Gasteiger partial charge in [-0.05, 0) is 38.6 Å². The molecular formula is C13H26N2O. The zero-order chi connectivity index (χ0) is 12.0. The number of carbonyl (C=O) groups excluding carboxylic acids is 1. The van der Waals surface area contributed by atoms with Crippen LogP contribution in [-0.2, 0) is 4.79 Å². The molecule has 94 valence electrons. The smallest absolute Gasteiger partial charge is 0.225 e. The van der Waals surface area contributed by atoms with Crippen molar-refractivity contribution in [1.29, 1.82) is 0 Å². The van der Waals surface area contributed by atoms with Crippen molar-refractivity contribution in [3.05, 3.63) is 0 Å². The molecule has 1 saturated carbocycles. The van der Waals surface area contributed by atoms with Crippen molar-refractivity contribution in [1.82, 2.24) is 4.90 Å². The first-order valence-electron chi connectivity index (χ1n) is 6.73. The average Bonchev–Trinajstić information content (AvgIpc) is 2.77. The molecule has 2 atom stereocenters. The highest BCUT2D eigenvalue weighted by molar-refractivity contribution is 5.79. The van der Waals surface area contributed by atoms with Gasteiger partial charge < -0.3 is 10.6 Å². The maximum Gasteiger partial charge on any atom is 0.225 e. The summed E-state index contributed by atoms with van der Waals surface area (Å²) in [5, 5.41) is 0. The van der Waals surface area contributed by atoms with E-state index in [0.717, 1.165) is 38.8 Å². The van der Waals surface area contributed by atoms with E-state index in [9.17, 15) is 4.79 Å². The minimum Gasteiger partial charge on any atom is -0.343 e. The van der Waals surface area contributed by atoms with Crippen LogP contribution in [0.15, 0.2) is 0 Å². The van der Waals surface area contributed by atoms with Gasteiger partial charge in [0.05, 0.1) is 0 Å². The first-order valence-corrected chi connectivity index (χ1v) is 6.73. The highest BCUT2D eigenvalue weighted by Gasteiger charge is 2.33. The molecule has 0 heterocycles. The lowest BCUT2D eigenvalue weighted by Crippen LogP contribution is -2.39. The molecule has 0 spiro atoms. The predicted octanol–water partition coefficient (Wildman–Crippen LogP) is 2.01. The van der Waals surface area contributed by atoms with Crippen LogP contribution in [0.2, 0.25) is 0 Å². The number of unbranched alkanes of at least 4 members (excludes halogenated alkanes) is 1. The molecule has 1 rings (SSSR count). The summed E-state index contributed by atoms with van der Waals surface area (Å²) >= 11 is 0. The van der Waals surface area contributed by atoms with E-state index in [1.54, 1.807) is 0 Å². The Morgan fingerprint density at radius 3 is 2.69 bits per heavy atom. The number of rotatable bonds is 6. The van der Waals surface area contributed by atoms with Crippen molar-refractivity contribution in [3.63, 3.8) is 0 Å². The molecule has 3 nitrogen and oxygen atoms in total. The summed E-state index contributed by atoms with van der Waals surface area (Å²) < 4.78 is 0. The maximum absolute atomic E-state index is 12.3. The van der Waals surface area contributed by atoms with Crippen LogP contribution < -0.4 is 5.73 Å². The first kappa shape index (κ1) is 13.5. The minimum absolute atomic E-state index is 0.210. The summed E-state index contributed by atoms with van der Waals surface area (Å²) in [4.78, 5) is 14.3. The second-order valence-corrected chi connectivity index (χ2v) is 4.80. The average molecular weight is 226 g/mol. The Morgan fingerprint density at radius 1 is 1.38 bits per heavy atom. The van der Waals surface area contributed by atoms with E-state index in [2.05, 4.69) is 13.8 Å². The summed E-state index contributed by atoms with van der Waals surface area (Å²) in [6.45, 7) is 6.66. The van der Waals surface area contributed by atoms with Crippen molar-refractivity contribution in [2.45, 2.75) is 46.0 Å². The van der Waals surface area contributed by atoms with Crippen LogP contribution in [-0.4, -0.2) is 30.4 Å². The summed E-state index contributed by atoms with van der Waals surface area (Å²) in [5.74, 6) is 0.994. The van der Waals surface area contributed by atoms with Gasteiger partial charge in [-0.15, -0.1) is 0 Å². The zero-order valence-corrected chi connectivity index (χ0v) is 10.7. The topological polar surface area (TPSA) is 46.3 Å². The second-order valence-electron chi connectivity index (χ2n) is 4.80. The van der Waals surface area contributed by atoms with Gasteiger partial charge >= 0.3 is 0 Å². The lowest BCUT2D eigenvalue weighted by Gasteiger charge is -2.26. The lowest BCUT2D eigenvalue weighted by atomic mass is 9.94. The molecule has 2 N–H and O–H groups in total. The minimum atomic E-state index is 0.210. The number of carbonyl (C=O) groups is 1. The first-order chi connectivity index (χ1) is 7.74. The van der Waals surface area contributed by atoms with Gasteiger partial charge in [-0.2, -0.15) is 0 Å². The SMILES string of the molecule is CCCCN(CC)C(=O)C1CCCC1CN. The molecule has 0 radical (unpaired) electrons. The molecule has 0 aromatic rings. The van der Waals surface area contributed by atoms with Crippen LogP contribution in [0.1, 0.15) is 46.0 Å². The third kappa shape index (κ3) is 3.21. The largest absolute Gasteiger partial charge is 0.343 e. The standard InChI is InChI=1S/C13H26N2O/c1-3-5-9-15(4-2)13(16)12-8-6-7-11(12)10-14/h11-12H,3-10,14H2,1-2H3. The monoisotopic (exact) mass is 226 g/mol. The number of nitrogens with zero attached hydrogens (tertiary/aromatic N) is 1. The molecular weight excluding hydrogens is 200 g/mol. The fourth-order valence-electron chi connectivity index (χ4n) is 2.65. The fourth-order valence-corrected chi connectivity index (χ4v) is 2.65. The quantitative estimate of drug-likeness (QED) is 0.753. The van der Waals surface area contributed by atoms with Gasteiger partial charge in [-0.3, -0.25) is 4.79 Å². The predicted molar refractivity (Wildman–Crippen MR) is 67.0 cm³/mol. The summed E-state index contributed by atoms with van der Waals surface area (Å²) in [6, 6.07) is 0. The van der Waals surface area contributed by atoms with Crippen LogP contribution in [0.25, 0.3) is 0 Å². The molecule has 1 fully saturated rings. The summed E-state index contributed by atoms with van der Waals surface area (Å²) in [6.07, 6.45) is 5.61. The van der Waals surface area contributed by atoms with Crippen molar-refractivity contribution >= 4 is 5.91 Å². The molecule has 1 aliphatic rings. The highest BCUT2D eigenvalue weighted by atomic mass is 16.2. The fraction of sp³-hybridized carbons (Fsp3) is 0.923. The molecule has 0 bridgehead atoms. The molecule has 16 heavy (non-hydrogen) atoms. The number of hydrogen-bond acceptors (Lipinski definition) is 2. The van der Waals surface area contributed by atoms with Crippen molar-refractivity contribution < 1.29 is 4.79 Å². The summed E-state index contributed by atoms with van der Waals surface area (Å²) in [5.41, 5.74) is 5.73. The van der Waals surface area contributed by atoms with Gasteiger partial charge in [0.25, 0.3) is 0 Å². The van der Waals surface area contributed by atoms with E-state index in [-0.39, 0.29) is 5.92 Å². The number of amides is 1. The van der Waals surface area contributed by atoms with Crippen LogP contribution in [0.4, 0.5) is 0 Å². The van der Waals surface area contributed by atoms with Crippen molar-refractivity contribution in [2.75, 3.05) is 19.6 Å². The normalized spacial score (nSPS) is 24.7. The number of hydrogen-bond donors (Lipinski definition) is 1. The maximum atomic E-state index is 12.3. The zero-order valence-electron chi connectivity index (χ0n) is 10.7. The second kappa shape index (κ2) is 6.89. The van der Waals surface area contributed by atoms with Gasteiger partial charge in [-0.25, -0.2) is 0 Å². The van der Waals surface area contributed by atoms with Crippen molar-refractivity contribution in [3.8, 4) is 0 Å². The van der Waals surface area contributed by atoms with Crippen LogP contribution in [0, 0.1) is 11.8 Å². The Kier molecular flexibility index (Phi) is 5.81.